The average molecular weight is 254 g/mol. The van der Waals surface area contributed by atoms with E-state index < -0.39 is 21.0 Å². The van der Waals surface area contributed by atoms with Crippen LogP contribution in [0.1, 0.15) is 0 Å². The molecule has 0 radical (unpaired) electrons. The van der Waals surface area contributed by atoms with Gasteiger partial charge < -0.3 is 17.3 Å². The molecule has 82 valence electrons. The molecular formula is C4BCuF4N4-4. The van der Waals surface area contributed by atoms with Gasteiger partial charge in [-0.3, -0.25) is 0 Å². The Morgan fingerprint density at radius 1 is 0.714 bits per heavy atom. The number of nitrogens with zero attached hydrogens (tertiary/aromatic N) is 4. The van der Waals surface area contributed by atoms with E-state index in [-0.39, 0.29) is 0 Å². The average Bonchev–Trinajstić information content (AvgIpc) is 2.07. The number of hydrogen-bond donors (Lipinski definition) is 0. The summed E-state index contributed by atoms with van der Waals surface area (Å²) in [6.07, 6.45) is 0. The molecule has 0 unspecified atom stereocenters. The minimum absolute atomic E-state index is 2.64. The first-order chi connectivity index (χ1) is 6.24. The number of rotatable bonds is 0. The van der Waals surface area contributed by atoms with Gasteiger partial charge in [-0.25, -0.2) is 0 Å². The summed E-state index contributed by atoms with van der Waals surface area (Å²) in [5.74, 6) is 0. The zero-order valence-electron chi connectivity index (χ0n) is 6.18. The van der Waals surface area contributed by atoms with Gasteiger partial charge in [0.25, 0.3) is 0 Å². The van der Waals surface area contributed by atoms with E-state index in [1.54, 1.807) is 0 Å². The van der Waals surface area contributed by atoms with Gasteiger partial charge in [0.2, 0.25) is 0 Å². The Balaban J connectivity index is 0. The molecule has 0 aromatic heterocycles. The Kier molecular flexibility index (Phi) is 6.15. The molecule has 10 heteroatoms. The van der Waals surface area contributed by atoms with Crippen LogP contribution in [-0.2, 0) is 13.7 Å². The molecular weight excluding hydrogens is 254 g/mol. The Bertz CT molecular complexity index is 284. The van der Waals surface area contributed by atoms with Crippen molar-refractivity contribution in [3.05, 3.63) is 41.7 Å². The molecule has 0 spiro atoms. The minimum atomic E-state index is -6.00. The van der Waals surface area contributed by atoms with Crippen molar-refractivity contribution in [1.82, 2.24) is 0 Å². The van der Waals surface area contributed by atoms with E-state index in [9.17, 15) is 17.3 Å². The summed E-state index contributed by atoms with van der Waals surface area (Å²) < 4.78 is 49.6. The van der Waals surface area contributed by atoms with Crippen molar-refractivity contribution in [1.29, 1.82) is 0 Å². The third-order valence-electron chi connectivity index (χ3n) is 0.362. The van der Waals surface area contributed by atoms with Crippen LogP contribution in [0, 0.1) is 26.3 Å². The van der Waals surface area contributed by atoms with Crippen LogP contribution in [0.5, 0.6) is 0 Å². The molecule has 14 heavy (non-hydrogen) atoms. The molecule has 0 fully saturated rings. The third-order valence-corrected chi connectivity index (χ3v) is 1.49. The van der Waals surface area contributed by atoms with E-state index in [0.717, 1.165) is 0 Å². The van der Waals surface area contributed by atoms with E-state index in [2.05, 4.69) is 15.4 Å². The van der Waals surface area contributed by atoms with Gasteiger partial charge in [-0.2, -0.15) is 0 Å². The molecule has 0 rings (SSSR count). The molecule has 0 saturated heterocycles. The van der Waals surface area contributed by atoms with Crippen LogP contribution in [0.4, 0.5) is 17.3 Å². The van der Waals surface area contributed by atoms with Gasteiger partial charge in [-0.15, -0.1) is 0 Å². The van der Waals surface area contributed by atoms with Crippen LogP contribution in [0.25, 0.3) is 15.4 Å². The maximum absolute atomic E-state index is 9.75. The summed E-state index contributed by atoms with van der Waals surface area (Å²) in [5, 5.41) is 0. The normalized spacial score (nSPS) is 10.3. The summed E-state index contributed by atoms with van der Waals surface area (Å²) in [7, 11) is -6.00. The molecule has 0 aliphatic carbocycles. The van der Waals surface area contributed by atoms with E-state index >= 15 is 0 Å². The van der Waals surface area contributed by atoms with Gasteiger partial charge in [-0.05, 0) is 0 Å². The van der Waals surface area contributed by atoms with Crippen LogP contribution in [0.2, 0.25) is 0 Å². The molecule has 4 nitrogen and oxygen atoms in total. The first-order valence-electron chi connectivity index (χ1n) is 2.31. The van der Waals surface area contributed by atoms with Crippen LogP contribution in [0.15, 0.2) is 0 Å². The predicted octanol–water partition coefficient (Wildman–Crippen LogP) is 2.78. The fraction of sp³-hybridized carbons (Fsp3) is 0. The summed E-state index contributed by atoms with van der Waals surface area (Å²) >= 11 is -2.93. The van der Waals surface area contributed by atoms with Crippen molar-refractivity contribution >= 4 is 7.25 Å². The molecule has 0 bridgehead atoms. The predicted molar refractivity (Wildman–Crippen MR) is 36.6 cm³/mol. The van der Waals surface area contributed by atoms with Crippen LogP contribution in [0.3, 0.4) is 0 Å². The molecule has 0 amide bonds. The van der Waals surface area contributed by atoms with Crippen LogP contribution >= 0.6 is 0 Å². The van der Waals surface area contributed by atoms with Gasteiger partial charge in [0.05, 0.1) is 0 Å². The van der Waals surface area contributed by atoms with Gasteiger partial charge >= 0.3 is 62.7 Å². The monoisotopic (exact) mass is 254 g/mol. The van der Waals surface area contributed by atoms with Crippen molar-refractivity contribution in [3.8, 4) is 0 Å². The zero-order valence-corrected chi connectivity index (χ0v) is 7.12. The Morgan fingerprint density at radius 2 is 0.857 bits per heavy atom. The molecule has 0 atom stereocenters. The third kappa shape index (κ3) is 8.36. The molecule has 0 aromatic rings. The van der Waals surface area contributed by atoms with Gasteiger partial charge in [0.1, 0.15) is 0 Å². The first kappa shape index (κ1) is 14.8. The summed E-state index contributed by atoms with van der Waals surface area (Å²) in [6, 6.07) is 0. The molecule has 0 N–H and O–H groups in total. The van der Waals surface area contributed by atoms with Crippen molar-refractivity contribution in [3.63, 3.8) is 0 Å². The maximum atomic E-state index is 9.75. The van der Waals surface area contributed by atoms with Crippen molar-refractivity contribution in [2.75, 3.05) is 0 Å². The first-order valence-corrected chi connectivity index (χ1v) is 3.99. The standard InChI is InChI=1S/4CN.BF4.Cu/c4*1-2;2-1(3,4)5;/q5*-1;+1. The Hall–Kier alpha value is -1.74. The molecule has 0 aliphatic heterocycles. The van der Waals surface area contributed by atoms with Gasteiger partial charge in [-0.1, -0.05) is 0 Å². The van der Waals surface area contributed by atoms with E-state index in [1.807, 2.05) is 0 Å². The zero-order chi connectivity index (χ0) is 11.8. The van der Waals surface area contributed by atoms with E-state index in [1.165, 1.54) is 0 Å². The van der Waals surface area contributed by atoms with Crippen LogP contribution in [-0.4, -0.2) is 7.25 Å². The topological polar surface area (TPSA) is 17.4 Å². The van der Waals surface area contributed by atoms with Gasteiger partial charge in [0, 0.05) is 0 Å². The summed E-state index contributed by atoms with van der Waals surface area (Å²) in [6.45, 7) is 25.3. The van der Waals surface area contributed by atoms with E-state index in [0.29, 0.717) is 0 Å². The second-order valence-electron chi connectivity index (χ2n) is 1.13. The second-order valence-corrected chi connectivity index (χ2v) is 3.10. The molecule has 0 aromatic carbocycles. The summed E-state index contributed by atoms with van der Waals surface area (Å²) in [4.78, 5) is 0. The number of halogens is 4. The summed E-state index contributed by atoms with van der Waals surface area (Å²) in [5.41, 5.74) is 0. The molecule has 0 aliphatic rings. The Morgan fingerprint density at radius 3 is 0.857 bits per heavy atom. The second kappa shape index (κ2) is 5.83. The number of hydrogen-bond acceptors (Lipinski definition) is 0. The molecule has 0 saturated carbocycles. The van der Waals surface area contributed by atoms with E-state index in [4.69, 9.17) is 26.3 Å². The molecule has 0 heterocycles. The fourth-order valence-corrected chi connectivity index (χ4v) is 0.373. The fourth-order valence-electron chi connectivity index (χ4n) is 0.0905. The quantitative estimate of drug-likeness (QED) is 0.359. The van der Waals surface area contributed by atoms with Crippen molar-refractivity contribution in [2.45, 2.75) is 0 Å². The van der Waals surface area contributed by atoms with Crippen LogP contribution < -0.4 is 0 Å². The Labute approximate surface area is 80.6 Å². The van der Waals surface area contributed by atoms with Crippen molar-refractivity contribution < 1.29 is 31.0 Å². The SMILES string of the molecule is F[B-](F)(F)F.[C-]#[N+][Cu-3]([N+]#[C-])([N+]#[C-])[N+]#[C-]. The van der Waals surface area contributed by atoms with Crippen molar-refractivity contribution in [2.24, 2.45) is 0 Å². The van der Waals surface area contributed by atoms with Gasteiger partial charge in [0.15, 0.2) is 0 Å².